The Morgan fingerprint density at radius 2 is 2.08 bits per heavy atom. The Hall–Kier alpha value is -1.53. The van der Waals surface area contributed by atoms with Gasteiger partial charge in [0.25, 0.3) is 0 Å². The molecule has 0 saturated heterocycles. The standard InChI is InChI=1S/C17H19BrClNO4/c1-11-8-13(24-20-11)6-4-3-5-7-23-16-14(18)9-12(10-15(16)19)17(21)22-2/h8-10H,3-7H2,1-2H3. The molecule has 0 unspecified atom stereocenters. The van der Waals surface area contributed by atoms with Gasteiger partial charge in [0, 0.05) is 12.5 Å². The molecule has 0 aliphatic carbocycles. The molecule has 0 amide bonds. The number of aromatic nitrogens is 1. The van der Waals surface area contributed by atoms with Crippen LogP contribution in [0.3, 0.4) is 0 Å². The summed E-state index contributed by atoms with van der Waals surface area (Å²) in [6.45, 7) is 2.46. The van der Waals surface area contributed by atoms with E-state index in [9.17, 15) is 4.79 Å². The van der Waals surface area contributed by atoms with Crippen molar-refractivity contribution in [3.05, 3.63) is 44.7 Å². The van der Waals surface area contributed by atoms with Gasteiger partial charge in [-0.2, -0.15) is 0 Å². The van der Waals surface area contributed by atoms with Crippen molar-refractivity contribution in [3.63, 3.8) is 0 Å². The number of carbonyl (C=O) groups is 1. The number of hydrogen-bond acceptors (Lipinski definition) is 5. The average molecular weight is 417 g/mol. The molecule has 1 aromatic carbocycles. The molecule has 130 valence electrons. The zero-order chi connectivity index (χ0) is 17.5. The van der Waals surface area contributed by atoms with E-state index in [1.165, 1.54) is 7.11 Å². The molecule has 0 aliphatic rings. The summed E-state index contributed by atoms with van der Waals surface area (Å²) in [6, 6.07) is 5.13. The lowest BCUT2D eigenvalue weighted by atomic mass is 10.1. The van der Waals surface area contributed by atoms with Gasteiger partial charge in [-0.15, -0.1) is 0 Å². The van der Waals surface area contributed by atoms with Gasteiger partial charge < -0.3 is 14.0 Å². The van der Waals surface area contributed by atoms with Crippen LogP contribution in [-0.4, -0.2) is 24.8 Å². The molecular formula is C17H19BrClNO4. The van der Waals surface area contributed by atoms with Gasteiger partial charge in [-0.25, -0.2) is 4.79 Å². The summed E-state index contributed by atoms with van der Waals surface area (Å²) >= 11 is 9.55. The third-order valence-electron chi connectivity index (χ3n) is 3.41. The van der Waals surface area contributed by atoms with E-state index in [0.29, 0.717) is 27.4 Å². The maximum absolute atomic E-state index is 11.5. The van der Waals surface area contributed by atoms with Crippen molar-refractivity contribution in [2.75, 3.05) is 13.7 Å². The number of unbranched alkanes of at least 4 members (excludes halogenated alkanes) is 2. The van der Waals surface area contributed by atoms with E-state index in [4.69, 9.17) is 20.9 Å². The lowest BCUT2D eigenvalue weighted by Gasteiger charge is -2.11. The van der Waals surface area contributed by atoms with Crippen molar-refractivity contribution in [3.8, 4) is 5.75 Å². The number of rotatable bonds is 8. The molecule has 0 spiro atoms. The van der Waals surface area contributed by atoms with Crippen molar-refractivity contribution in [1.29, 1.82) is 0 Å². The predicted octanol–water partition coefficient (Wildman–Crippen LogP) is 4.98. The number of ether oxygens (including phenoxy) is 2. The van der Waals surface area contributed by atoms with Crippen LogP contribution in [0, 0.1) is 6.92 Å². The molecule has 1 aromatic heterocycles. The van der Waals surface area contributed by atoms with E-state index >= 15 is 0 Å². The van der Waals surface area contributed by atoms with Crippen LogP contribution in [0.15, 0.2) is 27.2 Å². The third kappa shape index (κ3) is 5.24. The first-order valence-corrected chi connectivity index (χ1v) is 8.80. The zero-order valence-corrected chi connectivity index (χ0v) is 15.9. The van der Waals surface area contributed by atoms with Crippen LogP contribution < -0.4 is 4.74 Å². The lowest BCUT2D eigenvalue weighted by molar-refractivity contribution is 0.0600. The summed E-state index contributed by atoms with van der Waals surface area (Å²) in [5.41, 5.74) is 1.28. The van der Waals surface area contributed by atoms with Gasteiger partial charge in [-0.05, 0) is 54.2 Å². The molecule has 0 fully saturated rings. The summed E-state index contributed by atoms with van der Waals surface area (Å²) in [7, 11) is 1.33. The van der Waals surface area contributed by atoms with Crippen LogP contribution in [0.4, 0.5) is 0 Å². The molecule has 2 aromatic rings. The van der Waals surface area contributed by atoms with E-state index in [-0.39, 0.29) is 0 Å². The van der Waals surface area contributed by atoms with Gasteiger partial charge in [0.05, 0.1) is 34.5 Å². The fourth-order valence-electron chi connectivity index (χ4n) is 2.22. The first-order chi connectivity index (χ1) is 11.5. The lowest BCUT2D eigenvalue weighted by Crippen LogP contribution is -2.03. The van der Waals surface area contributed by atoms with E-state index in [1.54, 1.807) is 12.1 Å². The minimum absolute atomic E-state index is 0.377. The number of hydrogen-bond donors (Lipinski definition) is 0. The van der Waals surface area contributed by atoms with Crippen LogP contribution in [-0.2, 0) is 11.2 Å². The van der Waals surface area contributed by atoms with Gasteiger partial charge in [0.15, 0.2) is 5.75 Å². The molecule has 0 aliphatic heterocycles. The van der Waals surface area contributed by atoms with Crippen LogP contribution in [0.1, 0.15) is 41.1 Å². The number of halogens is 2. The van der Waals surface area contributed by atoms with Crippen molar-refractivity contribution in [2.24, 2.45) is 0 Å². The maximum atomic E-state index is 11.5. The Morgan fingerprint density at radius 3 is 2.71 bits per heavy atom. The Labute approximate surface area is 154 Å². The largest absolute Gasteiger partial charge is 0.491 e. The fourth-order valence-corrected chi connectivity index (χ4v) is 3.18. The minimum atomic E-state index is -0.438. The highest BCUT2D eigenvalue weighted by molar-refractivity contribution is 9.10. The minimum Gasteiger partial charge on any atom is -0.491 e. The van der Waals surface area contributed by atoms with Crippen LogP contribution in [0.25, 0.3) is 0 Å². The number of aryl methyl sites for hydroxylation is 2. The fraction of sp³-hybridized carbons (Fsp3) is 0.412. The van der Waals surface area contributed by atoms with Gasteiger partial charge >= 0.3 is 5.97 Å². The number of nitrogens with zero attached hydrogens (tertiary/aromatic N) is 1. The highest BCUT2D eigenvalue weighted by atomic mass is 79.9. The summed E-state index contributed by atoms with van der Waals surface area (Å²) in [5, 5.41) is 4.24. The molecule has 2 rings (SSSR count). The number of methoxy groups -OCH3 is 1. The number of esters is 1. The molecule has 0 bridgehead atoms. The van der Waals surface area contributed by atoms with Gasteiger partial charge in [-0.3, -0.25) is 0 Å². The average Bonchev–Trinajstić information content (AvgIpc) is 2.97. The molecule has 0 N–H and O–H groups in total. The Kier molecular flexibility index (Phi) is 7.12. The highest BCUT2D eigenvalue weighted by Crippen LogP contribution is 2.34. The first kappa shape index (κ1) is 18.8. The second-order valence-electron chi connectivity index (χ2n) is 5.35. The van der Waals surface area contributed by atoms with Crippen LogP contribution in [0.2, 0.25) is 5.02 Å². The summed E-state index contributed by atoms with van der Waals surface area (Å²) in [5.74, 6) is 1.01. The molecule has 5 nitrogen and oxygen atoms in total. The number of benzene rings is 1. The Bertz CT molecular complexity index is 679. The molecule has 0 saturated carbocycles. The smallest absolute Gasteiger partial charge is 0.337 e. The van der Waals surface area contributed by atoms with Crippen molar-refractivity contribution in [2.45, 2.75) is 32.6 Å². The quantitative estimate of drug-likeness (QED) is 0.449. The van der Waals surface area contributed by atoms with E-state index in [1.807, 2.05) is 13.0 Å². The molecule has 0 atom stereocenters. The second-order valence-corrected chi connectivity index (χ2v) is 6.62. The highest BCUT2D eigenvalue weighted by Gasteiger charge is 2.14. The van der Waals surface area contributed by atoms with Gasteiger partial charge in [0.1, 0.15) is 5.76 Å². The molecule has 0 radical (unpaired) electrons. The van der Waals surface area contributed by atoms with Crippen molar-refractivity contribution in [1.82, 2.24) is 5.16 Å². The third-order valence-corrected chi connectivity index (χ3v) is 4.28. The zero-order valence-electron chi connectivity index (χ0n) is 13.6. The van der Waals surface area contributed by atoms with Gasteiger partial charge in [0.2, 0.25) is 0 Å². The Morgan fingerprint density at radius 1 is 1.29 bits per heavy atom. The molecule has 24 heavy (non-hydrogen) atoms. The van der Waals surface area contributed by atoms with Gasteiger partial charge in [-0.1, -0.05) is 16.8 Å². The Balaban J connectivity index is 1.76. The van der Waals surface area contributed by atoms with Crippen LogP contribution in [0.5, 0.6) is 5.75 Å². The molecular weight excluding hydrogens is 398 g/mol. The molecule has 1 heterocycles. The SMILES string of the molecule is COC(=O)c1cc(Cl)c(OCCCCCc2cc(C)no2)c(Br)c1. The summed E-state index contributed by atoms with van der Waals surface area (Å²) in [6.07, 6.45) is 3.79. The first-order valence-electron chi connectivity index (χ1n) is 7.63. The van der Waals surface area contributed by atoms with E-state index < -0.39 is 5.97 Å². The van der Waals surface area contributed by atoms with E-state index in [2.05, 4.69) is 25.8 Å². The molecule has 7 heteroatoms. The summed E-state index contributed by atoms with van der Waals surface area (Å²) < 4.78 is 16.2. The van der Waals surface area contributed by atoms with Crippen molar-refractivity contribution < 1.29 is 18.8 Å². The predicted molar refractivity (Wildman–Crippen MR) is 94.8 cm³/mol. The summed E-state index contributed by atoms with van der Waals surface area (Å²) in [4.78, 5) is 11.5. The van der Waals surface area contributed by atoms with E-state index in [0.717, 1.165) is 37.1 Å². The number of carbonyl (C=O) groups excluding carboxylic acids is 1. The van der Waals surface area contributed by atoms with Crippen molar-refractivity contribution >= 4 is 33.5 Å². The second kappa shape index (κ2) is 9.08. The maximum Gasteiger partial charge on any atom is 0.337 e. The van der Waals surface area contributed by atoms with Crippen LogP contribution >= 0.6 is 27.5 Å². The monoisotopic (exact) mass is 415 g/mol. The normalized spacial score (nSPS) is 10.7. The topological polar surface area (TPSA) is 61.6 Å².